The fraction of sp³-hybridized carbons (Fsp3) is 0.824. The van der Waals surface area contributed by atoms with Crippen molar-refractivity contribution in [2.75, 3.05) is 6.54 Å². The summed E-state index contributed by atoms with van der Waals surface area (Å²) in [5.41, 5.74) is 2.51. The molecule has 20 heavy (non-hydrogen) atoms. The average Bonchev–Trinajstić information content (AvgIpc) is 2.80. The lowest BCUT2D eigenvalue weighted by atomic mass is 10.1. The van der Waals surface area contributed by atoms with Crippen LogP contribution in [0.3, 0.4) is 0 Å². The van der Waals surface area contributed by atoms with E-state index < -0.39 is 0 Å². The van der Waals surface area contributed by atoms with Gasteiger partial charge in [0.05, 0.1) is 5.69 Å². The molecule has 0 aliphatic carbocycles. The minimum atomic E-state index is 0.944. The van der Waals surface area contributed by atoms with Gasteiger partial charge in [-0.25, -0.2) is 0 Å². The number of unbranched alkanes of at least 4 members (excludes halogenated alkanes) is 7. The van der Waals surface area contributed by atoms with Crippen LogP contribution in [0.2, 0.25) is 0 Å². The van der Waals surface area contributed by atoms with Crippen LogP contribution < -0.4 is 5.32 Å². The van der Waals surface area contributed by atoms with Crippen LogP contribution in [0.5, 0.6) is 0 Å². The van der Waals surface area contributed by atoms with Crippen LogP contribution in [0.25, 0.3) is 0 Å². The highest BCUT2D eigenvalue weighted by Gasteiger charge is 2.03. The predicted octanol–water partition coefficient (Wildman–Crippen LogP) is 4.44. The standard InChI is InChI=1S/C17H33N3/c1-4-6-7-8-9-10-11-12-13-20-15-17(14-18-5-2)16(3)19-20/h15,18H,4-14H2,1-3H3. The van der Waals surface area contributed by atoms with Gasteiger partial charge in [-0.05, 0) is 19.9 Å². The molecule has 0 fully saturated rings. The number of aromatic nitrogens is 2. The molecule has 1 rings (SSSR count). The van der Waals surface area contributed by atoms with Crippen molar-refractivity contribution in [2.24, 2.45) is 0 Å². The molecule has 3 heteroatoms. The second-order valence-corrected chi connectivity index (χ2v) is 5.76. The molecule has 1 N–H and O–H groups in total. The first-order valence-corrected chi connectivity index (χ1v) is 8.51. The van der Waals surface area contributed by atoms with Crippen LogP contribution in [-0.2, 0) is 13.1 Å². The predicted molar refractivity (Wildman–Crippen MR) is 87.0 cm³/mol. The third-order valence-electron chi connectivity index (χ3n) is 3.85. The van der Waals surface area contributed by atoms with Crippen molar-refractivity contribution in [2.45, 2.75) is 85.2 Å². The first kappa shape index (κ1) is 17.2. The molecular formula is C17H33N3. The van der Waals surface area contributed by atoms with Crippen molar-refractivity contribution >= 4 is 0 Å². The monoisotopic (exact) mass is 279 g/mol. The fourth-order valence-electron chi connectivity index (χ4n) is 2.51. The molecule has 0 saturated heterocycles. The van der Waals surface area contributed by atoms with E-state index >= 15 is 0 Å². The number of rotatable bonds is 12. The molecule has 0 aliphatic rings. The highest BCUT2D eigenvalue weighted by Crippen LogP contribution is 2.10. The second-order valence-electron chi connectivity index (χ2n) is 5.76. The largest absolute Gasteiger partial charge is 0.313 e. The number of hydrogen-bond acceptors (Lipinski definition) is 2. The van der Waals surface area contributed by atoms with Crippen molar-refractivity contribution in [3.8, 4) is 0 Å². The third-order valence-corrected chi connectivity index (χ3v) is 3.85. The molecule has 116 valence electrons. The Labute approximate surface area is 125 Å². The van der Waals surface area contributed by atoms with Gasteiger partial charge in [0.1, 0.15) is 0 Å². The second kappa shape index (κ2) is 10.9. The molecule has 1 aromatic rings. The maximum atomic E-state index is 4.60. The fourth-order valence-corrected chi connectivity index (χ4v) is 2.51. The summed E-state index contributed by atoms with van der Waals surface area (Å²) < 4.78 is 2.12. The van der Waals surface area contributed by atoms with Gasteiger partial charge in [0.15, 0.2) is 0 Å². The Kier molecular flexibility index (Phi) is 9.38. The molecule has 0 saturated carbocycles. The van der Waals surface area contributed by atoms with Gasteiger partial charge in [-0.15, -0.1) is 0 Å². The SMILES string of the molecule is CCCCCCCCCCn1cc(CNCC)c(C)n1. The van der Waals surface area contributed by atoms with Crippen molar-refractivity contribution < 1.29 is 0 Å². The molecule has 0 atom stereocenters. The lowest BCUT2D eigenvalue weighted by molar-refractivity contribution is 0.518. The summed E-state index contributed by atoms with van der Waals surface area (Å²) in [6.07, 6.45) is 13.2. The van der Waals surface area contributed by atoms with Crippen LogP contribution >= 0.6 is 0 Å². The molecule has 0 radical (unpaired) electrons. The van der Waals surface area contributed by atoms with E-state index in [1.165, 1.54) is 62.6 Å². The molecule has 1 aromatic heterocycles. The zero-order valence-corrected chi connectivity index (χ0v) is 13.7. The van der Waals surface area contributed by atoms with E-state index in [2.05, 4.69) is 42.1 Å². The molecule has 3 nitrogen and oxygen atoms in total. The molecular weight excluding hydrogens is 246 g/mol. The Balaban J connectivity index is 2.09. The number of nitrogens with one attached hydrogen (secondary N) is 1. The molecule has 0 aromatic carbocycles. The van der Waals surface area contributed by atoms with E-state index in [4.69, 9.17) is 0 Å². The van der Waals surface area contributed by atoms with Gasteiger partial charge < -0.3 is 5.32 Å². The lowest BCUT2D eigenvalue weighted by Crippen LogP contribution is -2.11. The highest BCUT2D eigenvalue weighted by atomic mass is 15.3. The Hall–Kier alpha value is -0.830. The summed E-state index contributed by atoms with van der Waals surface area (Å²) in [5, 5.41) is 7.96. The van der Waals surface area contributed by atoms with E-state index in [0.717, 1.165) is 19.6 Å². The van der Waals surface area contributed by atoms with Gasteiger partial charge in [0.25, 0.3) is 0 Å². The van der Waals surface area contributed by atoms with Crippen LogP contribution in [0, 0.1) is 6.92 Å². The Morgan fingerprint density at radius 2 is 1.65 bits per heavy atom. The minimum Gasteiger partial charge on any atom is -0.313 e. The lowest BCUT2D eigenvalue weighted by Gasteiger charge is -2.02. The molecule has 0 spiro atoms. The zero-order valence-electron chi connectivity index (χ0n) is 13.7. The Morgan fingerprint density at radius 3 is 2.30 bits per heavy atom. The quantitative estimate of drug-likeness (QED) is 0.573. The van der Waals surface area contributed by atoms with E-state index in [1.54, 1.807) is 0 Å². The summed E-state index contributed by atoms with van der Waals surface area (Å²) in [5.74, 6) is 0. The minimum absolute atomic E-state index is 0.944. The topological polar surface area (TPSA) is 29.9 Å². The van der Waals surface area contributed by atoms with E-state index in [9.17, 15) is 0 Å². The van der Waals surface area contributed by atoms with Gasteiger partial charge in [-0.3, -0.25) is 4.68 Å². The van der Waals surface area contributed by atoms with Gasteiger partial charge >= 0.3 is 0 Å². The first-order valence-electron chi connectivity index (χ1n) is 8.51. The maximum Gasteiger partial charge on any atom is 0.0638 e. The average molecular weight is 279 g/mol. The normalized spacial score (nSPS) is 11.2. The smallest absolute Gasteiger partial charge is 0.0638 e. The molecule has 0 unspecified atom stereocenters. The van der Waals surface area contributed by atoms with Crippen molar-refractivity contribution in [3.63, 3.8) is 0 Å². The van der Waals surface area contributed by atoms with Crippen LogP contribution in [0.4, 0.5) is 0 Å². The van der Waals surface area contributed by atoms with Gasteiger partial charge in [-0.2, -0.15) is 5.10 Å². The van der Waals surface area contributed by atoms with E-state index in [-0.39, 0.29) is 0 Å². The summed E-state index contributed by atoms with van der Waals surface area (Å²) in [7, 11) is 0. The van der Waals surface area contributed by atoms with Gasteiger partial charge in [0, 0.05) is 24.8 Å². The Bertz CT molecular complexity index is 344. The van der Waals surface area contributed by atoms with Crippen LogP contribution in [0.1, 0.15) is 76.5 Å². The van der Waals surface area contributed by atoms with Crippen LogP contribution in [-0.4, -0.2) is 16.3 Å². The highest BCUT2D eigenvalue weighted by molar-refractivity contribution is 5.14. The summed E-state index contributed by atoms with van der Waals surface area (Å²) >= 11 is 0. The number of nitrogens with zero attached hydrogens (tertiary/aromatic N) is 2. The summed E-state index contributed by atoms with van der Waals surface area (Å²) in [4.78, 5) is 0. The van der Waals surface area contributed by atoms with Crippen molar-refractivity contribution in [1.29, 1.82) is 0 Å². The molecule has 1 heterocycles. The Morgan fingerprint density at radius 1 is 1.00 bits per heavy atom. The number of aryl methyl sites for hydroxylation is 2. The molecule has 0 amide bonds. The van der Waals surface area contributed by atoms with Crippen molar-refractivity contribution in [1.82, 2.24) is 15.1 Å². The molecule has 0 aliphatic heterocycles. The van der Waals surface area contributed by atoms with Crippen LogP contribution in [0.15, 0.2) is 6.20 Å². The zero-order chi connectivity index (χ0) is 14.6. The van der Waals surface area contributed by atoms with E-state index in [0.29, 0.717) is 0 Å². The van der Waals surface area contributed by atoms with E-state index in [1.807, 2.05) is 0 Å². The summed E-state index contributed by atoms with van der Waals surface area (Å²) in [6.45, 7) is 9.55. The summed E-state index contributed by atoms with van der Waals surface area (Å²) in [6, 6.07) is 0. The molecule has 0 bridgehead atoms. The van der Waals surface area contributed by atoms with Crippen molar-refractivity contribution in [3.05, 3.63) is 17.5 Å². The van der Waals surface area contributed by atoms with Gasteiger partial charge in [-0.1, -0.05) is 58.8 Å². The number of hydrogen-bond donors (Lipinski definition) is 1. The third kappa shape index (κ3) is 7.09. The van der Waals surface area contributed by atoms with Gasteiger partial charge in [0.2, 0.25) is 0 Å². The first-order chi connectivity index (χ1) is 9.77. The maximum absolute atomic E-state index is 4.60.